The summed E-state index contributed by atoms with van der Waals surface area (Å²) in [6.07, 6.45) is 1.08. The second-order valence-electron chi connectivity index (χ2n) is 4.96. The van der Waals surface area contributed by atoms with E-state index in [1.54, 1.807) is 32.0 Å². The van der Waals surface area contributed by atoms with Crippen molar-refractivity contribution in [2.24, 2.45) is 0 Å². The van der Waals surface area contributed by atoms with Crippen LogP contribution in [0, 0.1) is 0 Å². The number of sulfonamides is 1. The van der Waals surface area contributed by atoms with E-state index in [0.29, 0.717) is 5.69 Å². The summed E-state index contributed by atoms with van der Waals surface area (Å²) < 4.78 is 24.9. The topological polar surface area (TPSA) is 95.5 Å². The molecule has 7 heteroatoms. The second-order valence-corrected chi connectivity index (χ2v) is 6.71. The Morgan fingerprint density at radius 3 is 2.42 bits per heavy atom. The van der Waals surface area contributed by atoms with Crippen molar-refractivity contribution in [2.75, 3.05) is 18.1 Å². The maximum absolute atomic E-state index is 11.2. The fourth-order valence-corrected chi connectivity index (χ4v) is 2.75. The molecule has 19 heavy (non-hydrogen) atoms. The van der Waals surface area contributed by atoms with Crippen molar-refractivity contribution in [1.82, 2.24) is 4.72 Å². The van der Waals surface area contributed by atoms with Gasteiger partial charge in [-0.25, -0.2) is 17.9 Å². The van der Waals surface area contributed by atoms with Crippen molar-refractivity contribution in [3.63, 3.8) is 0 Å². The van der Waals surface area contributed by atoms with E-state index >= 15 is 0 Å². The molecule has 6 nitrogen and oxygen atoms in total. The van der Waals surface area contributed by atoms with E-state index in [2.05, 4.69) is 10.0 Å². The monoisotopic (exact) mass is 286 g/mol. The lowest BCUT2D eigenvalue weighted by Crippen LogP contribution is -2.47. The van der Waals surface area contributed by atoms with Crippen LogP contribution in [0.2, 0.25) is 0 Å². The standard InChI is InChI=1S/C12H18N2O4S/c1-12(2,14-19(3,17)18)8-13-10-7-5-4-6-9(10)11(15)16/h4-7,13-14H,8H2,1-3H3,(H,15,16). The molecular weight excluding hydrogens is 268 g/mol. The van der Waals surface area contributed by atoms with Gasteiger partial charge in [-0.3, -0.25) is 0 Å². The maximum atomic E-state index is 11.2. The summed E-state index contributed by atoms with van der Waals surface area (Å²) in [5, 5.41) is 12.0. The van der Waals surface area contributed by atoms with Gasteiger partial charge in [-0.05, 0) is 26.0 Å². The van der Waals surface area contributed by atoms with Crippen molar-refractivity contribution in [3.8, 4) is 0 Å². The number of benzene rings is 1. The van der Waals surface area contributed by atoms with Crippen molar-refractivity contribution in [2.45, 2.75) is 19.4 Å². The minimum absolute atomic E-state index is 0.151. The minimum atomic E-state index is -3.32. The molecule has 0 bridgehead atoms. The average Bonchev–Trinajstić information content (AvgIpc) is 2.23. The van der Waals surface area contributed by atoms with Crippen molar-refractivity contribution >= 4 is 21.7 Å². The van der Waals surface area contributed by atoms with Crippen LogP contribution < -0.4 is 10.0 Å². The zero-order valence-electron chi connectivity index (χ0n) is 11.1. The summed E-state index contributed by atoms with van der Waals surface area (Å²) in [5.74, 6) is -1.03. The van der Waals surface area contributed by atoms with Crippen LogP contribution in [0.1, 0.15) is 24.2 Å². The Morgan fingerprint density at radius 1 is 1.32 bits per heavy atom. The molecule has 0 saturated carbocycles. The van der Waals surface area contributed by atoms with Gasteiger partial charge in [-0.15, -0.1) is 0 Å². The van der Waals surface area contributed by atoms with E-state index in [1.807, 2.05) is 0 Å². The molecule has 1 aromatic carbocycles. The van der Waals surface area contributed by atoms with Gasteiger partial charge in [0.2, 0.25) is 10.0 Å². The molecule has 0 aliphatic carbocycles. The van der Waals surface area contributed by atoms with E-state index in [0.717, 1.165) is 6.26 Å². The number of rotatable bonds is 6. The molecule has 0 spiro atoms. The third-order valence-corrected chi connectivity index (χ3v) is 3.26. The van der Waals surface area contributed by atoms with Crippen LogP contribution in [0.25, 0.3) is 0 Å². The van der Waals surface area contributed by atoms with Crippen molar-refractivity contribution in [1.29, 1.82) is 0 Å². The zero-order chi connectivity index (χ0) is 14.7. The summed E-state index contributed by atoms with van der Waals surface area (Å²) >= 11 is 0. The van der Waals surface area contributed by atoms with Crippen LogP contribution in [-0.2, 0) is 10.0 Å². The number of hydrogen-bond acceptors (Lipinski definition) is 4. The van der Waals surface area contributed by atoms with E-state index in [-0.39, 0.29) is 12.1 Å². The predicted molar refractivity (Wildman–Crippen MR) is 73.9 cm³/mol. The molecule has 0 aromatic heterocycles. The predicted octanol–water partition coefficient (Wildman–Crippen LogP) is 1.12. The van der Waals surface area contributed by atoms with Gasteiger partial charge in [-0.2, -0.15) is 0 Å². The molecule has 1 rings (SSSR count). The molecule has 0 aliphatic rings. The van der Waals surface area contributed by atoms with Crippen LogP contribution in [0.15, 0.2) is 24.3 Å². The summed E-state index contributed by atoms with van der Waals surface area (Å²) in [4.78, 5) is 11.0. The number of carboxylic acid groups (broad SMARTS) is 1. The maximum Gasteiger partial charge on any atom is 0.337 e. The van der Waals surface area contributed by atoms with E-state index in [9.17, 15) is 13.2 Å². The Balaban J connectivity index is 2.80. The van der Waals surface area contributed by atoms with Gasteiger partial charge < -0.3 is 10.4 Å². The lowest BCUT2D eigenvalue weighted by molar-refractivity contribution is 0.0698. The first-order chi connectivity index (χ1) is 8.61. The largest absolute Gasteiger partial charge is 0.478 e. The Kier molecular flexibility index (Phi) is 4.54. The van der Waals surface area contributed by atoms with E-state index in [1.165, 1.54) is 6.07 Å². The molecule has 3 N–H and O–H groups in total. The van der Waals surface area contributed by atoms with E-state index < -0.39 is 21.5 Å². The fourth-order valence-electron chi connectivity index (χ4n) is 1.68. The van der Waals surface area contributed by atoms with Gasteiger partial charge in [0.1, 0.15) is 0 Å². The highest BCUT2D eigenvalue weighted by Gasteiger charge is 2.22. The number of anilines is 1. The molecular formula is C12H18N2O4S. The normalized spacial score (nSPS) is 12.2. The Bertz CT molecular complexity index is 567. The molecule has 106 valence electrons. The average molecular weight is 286 g/mol. The number of nitrogens with one attached hydrogen (secondary N) is 2. The Hall–Kier alpha value is -1.60. The number of carboxylic acids is 1. The molecule has 0 unspecified atom stereocenters. The number of para-hydroxylation sites is 1. The summed E-state index contributed by atoms with van der Waals surface area (Å²) in [6, 6.07) is 6.47. The molecule has 0 radical (unpaired) electrons. The van der Waals surface area contributed by atoms with Crippen LogP contribution in [0.4, 0.5) is 5.69 Å². The van der Waals surface area contributed by atoms with Gasteiger partial charge in [0, 0.05) is 17.8 Å². The van der Waals surface area contributed by atoms with Gasteiger partial charge in [0.25, 0.3) is 0 Å². The number of hydrogen-bond donors (Lipinski definition) is 3. The molecule has 1 aromatic rings. The minimum Gasteiger partial charge on any atom is -0.478 e. The van der Waals surface area contributed by atoms with Gasteiger partial charge in [0.15, 0.2) is 0 Å². The molecule has 0 aliphatic heterocycles. The fraction of sp³-hybridized carbons (Fsp3) is 0.417. The molecule has 0 atom stereocenters. The van der Waals surface area contributed by atoms with Crippen LogP contribution >= 0.6 is 0 Å². The van der Waals surface area contributed by atoms with Crippen molar-refractivity contribution < 1.29 is 18.3 Å². The number of aromatic carboxylic acids is 1. The number of carbonyl (C=O) groups is 1. The molecule has 0 saturated heterocycles. The highest BCUT2D eigenvalue weighted by molar-refractivity contribution is 7.88. The first-order valence-corrected chi connectivity index (χ1v) is 7.55. The summed E-state index contributed by atoms with van der Waals surface area (Å²) in [7, 11) is -3.32. The van der Waals surface area contributed by atoms with Crippen LogP contribution in [-0.4, -0.2) is 37.8 Å². The smallest absolute Gasteiger partial charge is 0.337 e. The quantitative estimate of drug-likeness (QED) is 0.728. The highest BCUT2D eigenvalue weighted by atomic mass is 32.2. The Morgan fingerprint density at radius 2 is 1.89 bits per heavy atom. The first-order valence-electron chi connectivity index (χ1n) is 5.66. The molecule has 0 heterocycles. The molecule has 0 fully saturated rings. The van der Waals surface area contributed by atoms with Gasteiger partial charge in [-0.1, -0.05) is 12.1 Å². The van der Waals surface area contributed by atoms with Crippen LogP contribution in [0.3, 0.4) is 0 Å². The van der Waals surface area contributed by atoms with Crippen LogP contribution in [0.5, 0.6) is 0 Å². The van der Waals surface area contributed by atoms with Crippen molar-refractivity contribution in [3.05, 3.63) is 29.8 Å². The third kappa shape index (κ3) is 5.27. The lowest BCUT2D eigenvalue weighted by Gasteiger charge is -2.26. The third-order valence-electron chi connectivity index (χ3n) is 2.34. The Labute approximate surface area is 112 Å². The van der Waals surface area contributed by atoms with E-state index in [4.69, 9.17) is 5.11 Å². The summed E-state index contributed by atoms with van der Waals surface area (Å²) in [5.41, 5.74) is -0.116. The first kappa shape index (κ1) is 15.5. The van der Waals surface area contributed by atoms with Gasteiger partial charge >= 0.3 is 5.97 Å². The lowest BCUT2D eigenvalue weighted by atomic mass is 10.1. The molecule has 0 amide bonds. The van der Waals surface area contributed by atoms with Gasteiger partial charge in [0.05, 0.1) is 11.8 Å². The second kappa shape index (κ2) is 5.58. The summed E-state index contributed by atoms with van der Waals surface area (Å²) in [6.45, 7) is 3.69. The highest BCUT2D eigenvalue weighted by Crippen LogP contribution is 2.16. The zero-order valence-corrected chi connectivity index (χ0v) is 11.9. The SMILES string of the molecule is CC(C)(CNc1ccccc1C(=O)O)NS(C)(=O)=O.